The highest BCUT2D eigenvalue weighted by atomic mass is 35.5. The fraction of sp³-hybridized carbons (Fsp3) is 0.536. The summed E-state index contributed by atoms with van der Waals surface area (Å²) < 4.78 is 7.73. The van der Waals surface area contributed by atoms with Crippen LogP contribution in [0.5, 0.6) is 0 Å². The van der Waals surface area contributed by atoms with E-state index in [2.05, 4.69) is 46.8 Å². The third-order valence-corrected chi connectivity index (χ3v) is 7.40. The lowest BCUT2D eigenvalue weighted by molar-refractivity contribution is -0.128. The fourth-order valence-electron chi connectivity index (χ4n) is 5.35. The molecule has 2 atom stereocenters. The van der Waals surface area contributed by atoms with Crippen molar-refractivity contribution in [1.29, 1.82) is 0 Å². The first-order valence-corrected chi connectivity index (χ1v) is 13.0. The van der Waals surface area contributed by atoms with Crippen molar-refractivity contribution in [3.63, 3.8) is 0 Å². The second-order valence-electron chi connectivity index (χ2n) is 11.0. The number of aromatic nitrogens is 4. The second-order valence-corrected chi connectivity index (χ2v) is 11.0. The molecule has 1 aliphatic heterocycles. The molecular weight excluding hydrogens is 490 g/mol. The first-order chi connectivity index (χ1) is 17.2. The molecule has 0 N–H and O–H groups in total. The van der Waals surface area contributed by atoms with Gasteiger partial charge in [0.15, 0.2) is 11.5 Å². The van der Waals surface area contributed by atoms with Crippen LogP contribution < -0.4 is 0 Å². The topological polar surface area (TPSA) is 94.1 Å². The Kier molecular flexibility index (Phi) is 7.88. The highest BCUT2D eigenvalue weighted by Crippen LogP contribution is 2.43. The summed E-state index contributed by atoms with van der Waals surface area (Å²) in [5.74, 6) is 2.36. The SMILES string of the molecule is CC(=O)N1C[C@@H](C(=O)Cc2ccc(C)cc2C)[C@H](c2nnc(-c3cc(CC(C)C)on3)n2C2CC2)C1.Cl. The second kappa shape index (κ2) is 10.8. The molecule has 3 heterocycles. The van der Waals surface area contributed by atoms with Crippen LogP contribution in [0.15, 0.2) is 28.8 Å². The Morgan fingerprint density at radius 1 is 1.11 bits per heavy atom. The lowest BCUT2D eigenvalue weighted by Crippen LogP contribution is -2.28. The summed E-state index contributed by atoms with van der Waals surface area (Å²) in [5.41, 5.74) is 4.01. The molecule has 1 aromatic carbocycles. The number of carbonyl (C=O) groups excluding carboxylic acids is 2. The summed E-state index contributed by atoms with van der Waals surface area (Å²) in [4.78, 5) is 27.8. The third kappa shape index (κ3) is 5.64. The molecule has 9 heteroatoms. The van der Waals surface area contributed by atoms with E-state index < -0.39 is 0 Å². The summed E-state index contributed by atoms with van der Waals surface area (Å²) in [6.45, 7) is 10.8. The minimum atomic E-state index is -0.321. The van der Waals surface area contributed by atoms with Crippen LogP contribution in [-0.4, -0.2) is 49.6 Å². The summed E-state index contributed by atoms with van der Waals surface area (Å²) in [7, 11) is 0. The molecule has 0 radical (unpaired) electrons. The van der Waals surface area contributed by atoms with E-state index in [4.69, 9.17) is 4.52 Å². The van der Waals surface area contributed by atoms with E-state index in [1.807, 2.05) is 25.1 Å². The van der Waals surface area contributed by atoms with Gasteiger partial charge >= 0.3 is 0 Å². The summed E-state index contributed by atoms with van der Waals surface area (Å²) in [6, 6.07) is 8.44. The largest absolute Gasteiger partial charge is 0.361 e. The Morgan fingerprint density at radius 3 is 2.51 bits per heavy atom. The molecule has 0 bridgehead atoms. The molecule has 0 spiro atoms. The Morgan fingerprint density at radius 2 is 1.86 bits per heavy atom. The van der Waals surface area contributed by atoms with Crippen LogP contribution in [0, 0.1) is 25.7 Å². The maximum absolute atomic E-state index is 13.7. The van der Waals surface area contributed by atoms with Crippen LogP contribution in [0.1, 0.15) is 73.8 Å². The summed E-state index contributed by atoms with van der Waals surface area (Å²) in [6.07, 6.45) is 3.24. The van der Waals surface area contributed by atoms with Crippen LogP contribution in [0.3, 0.4) is 0 Å². The Balaban J connectivity index is 0.00000320. The predicted molar refractivity (Wildman–Crippen MR) is 143 cm³/mol. The number of carbonyl (C=O) groups is 2. The van der Waals surface area contributed by atoms with E-state index in [-0.39, 0.29) is 42.0 Å². The predicted octanol–water partition coefficient (Wildman–Crippen LogP) is 4.88. The molecule has 37 heavy (non-hydrogen) atoms. The first kappa shape index (κ1) is 27.0. The Bertz CT molecular complexity index is 1290. The number of rotatable bonds is 8. The lowest BCUT2D eigenvalue weighted by Gasteiger charge is -2.18. The van der Waals surface area contributed by atoms with E-state index in [0.717, 1.165) is 42.0 Å². The number of hydrogen-bond acceptors (Lipinski definition) is 6. The van der Waals surface area contributed by atoms with Gasteiger partial charge in [0.05, 0.1) is 0 Å². The number of amides is 1. The van der Waals surface area contributed by atoms with Gasteiger partial charge < -0.3 is 14.0 Å². The molecule has 198 valence electrons. The van der Waals surface area contributed by atoms with Crippen molar-refractivity contribution in [2.75, 3.05) is 13.1 Å². The zero-order valence-electron chi connectivity index (χ0n) is 22.2. The van der Waals surface area contributed by atoms with Gasteiger partial charge in [0.1, 0.15) is 17.4 Å². The molecule has 1 amide bonds. The van der Waals surface area contributed by atoms with Gasteiger partial charge in [0.2, 0.25) is 5.91 Å². The fourth-order valence-corrected chi connectivity index (χ4v) is 5.35. The zero-order valence-corrected chi connectivity index (χ0v) is 23.0. The molecule has 1 aliphatic carbocycles. The number of ketones is 1. The molecule has 8 nitrogen and oxygen atoms in total. The first-order valence-electron chi connectivity index (χ1n) is 13.0. The van der Waals surface area contributed by atoms with Crippen LogP contribution in [0.25, 0.3) is 11.5 Å². The van der Waals surface area contributed by atoms with Crippen LogP contribution >= 0.6 is 12.4 Å². The van der Waals surface area contributed by atoms with Crippen molar-refractivity contribution in [3.05, 3.63) is 52.5 Å². The van der Waals surface area contributed by atoms with Gasteiger partial charge in [0.25, 0.3) is 0 Å². The summed E-state index contributed by atoms with van der Waals surface area (Å²) >= 11 is 0. The molecule has 3 aromatic rings. The monoisotopic (exact) mass is 525 g/mol. The molecule has 5 rings (SSSR count). The van der Waals surface area contributed by atoms with Gasteiger partial charge in [-0.05, 0) is 43.7 Å². The number of Topliss-reactive ketones (excluding diaryl/α,β-unsaturated/α-hetero) is 1. The number of nitrogens with zero attached hydrogens (tertiary/aromatic N) is 5. The van der Waals surface area contributed by atoms with Gasteiger partial charge in [-0.2, -0.15) is 0 Å². The van der Waals surface area contributed by atoms with E-state index in [1.165, 1.54) is 5.56 Å². The highest BCUT2D eigenvalue weighted by molar-refractivity contribution is 5.86. The number of likely N-dealkylation sites (tertiary alicyclic amines) is 1. The third-order valence-electron chi connectivity index (χ3n) is 7.40. The van der Waals surface area contributed by atoms with Crippen molar-refractivity contribution in [1.82, 2.24) is 24.8 Å². The van der Waals surface area contributed by atoms with Crippen molar-refractivity contribution < 1.29 is 14.1 Å². The van der Waals surface area contributed by atoms with Gasteiger partial charge in [-0.25, -0.2) is 0 Å². The molecule has 2 aromatic heterocycles. The molecule has 2 fully saturated rings. The Hall–Kier alpha value is -3.00. The minimum absolute atomic E-state index is 0. The lowest BCUT2D eigenvalue weighted by atomic mass is 9.87. The van der Waals surface area contributed by atoms with Crippen molar-refractivity contribution in [2.45, 2.75) is 72.3 Å². The van der Waals surface area contributed by atoms with Crippen molar-refractivity contribution in [2.24, 2.45) is 11.8 Å². The molecule has 2 aliphatic rings. The number of aryl methyl sites for hydroxylation is 2. The van der Waals surface area contributed by atoms with E-state index in [9.17, 15) is 9.59 Å². The van der Waals surface area contributed by atoms with E-state index in [1.54, 1.807) is 11.8 Å². The zero-order chi connectivity index (χ0) is 25.6. The molecule has 1 saturated heterocycles. The standard InChI is InChI=1S/C28H35N5O3.ClH/c1-16(2)10-22-13-25(31-36-22)28-30-29-27(33(28)21-8-9-21)24-15-32(19(5)34)14-23(24)26(35)12-20-7-6-17(3)11-18(20)4;/h6-7,11,13,16,21,23-24H,8-10,12,14-15H2,1-5H3;1H/t23-,24-;/m1./s1. The number of hydrogen-bond donors (Lipinski definition) is 0. The maximum atomic E-state index is 13.7. The molecular formula is C28H36ClN5O3. The summed E-state index contributed by atoms with van der Waals surface area (Å²) in [5, 5.41) is 13.4. The molecule has 0 unspecified atom stereocenters. The van der Waals surface area contributed by atoms with E-state index in [0.29, 0.717) is 36.9 Å². The normalized spacial score (nSPS) is 19.4. The number of halogens is 1. The van der Waals surface area contributed by atoms with Gasteiger partial charge in [-0.1, -0.05) is 42.8 Å². The van der Waals surface area contributed by atoms with Crippen LogP contribution in [0.2, 0.25) is 0 Å². The Labute approximate surface area is 224 Å². The van der Waals surface area contributed by atoms with Gasteiger partial charge in [0, 0.05) is 56.8 Å². The average Bonchev–Trinajstić information content (AvgIpc) is 3.20. The van der Waals surface area contributed by atoms with Crippen molar-refractivity contribution >= 4 is 24.1 Å². The molecule has 1 saturated carbocycles. The van der Waals surface area contributed by atoms with E-state index >= 15 is 0 Å². The van der Waals surface area contributed by atoms with Crippen LogP contribution in [0.4, 0.5) is 0 Å². The average molecular weight is 526 g/mol. The van der Waals surface area contributed by atoms with Gasteiger partial charge in [-0.3, -0.25) is 9.59 Å². The quantitative estimate of drug-likeness (QED) is 0.416. The van der Waals surface area contributed by atoms with Crippen molar-refractivity contribution in [3.8, 4) is 11.5 Å². The van der Waals surface area contributed by atoms with Gasteiger partial charge in [-0.15, -0.1) is 22.6 Å². The van der Waals surface area contributed by atoms with Crippen LogP contribution in [-0.2, 0) is 22.4 Å². The highest BCUT2D eigenvalue weighted by Gasteiger charge is 2.44. The minimum Gasteiger partial charge on any atom is -0.361 e. The number of benzene rings is 1. The maximum Gasteiger partial charge on any atom is 0.219 e. The smallest absolute Gasteiger partial charge is 0.219 e.